The molecule has 33 heavy (non-hydrogen) atoms. The van der Waals surface area contributed by atoms with Crippen LogP contribution in [-0.2, 0) is 18.6 Å². The van der Waals surface area contributed by atoms with Crippen molar-refractivity contribution in [2.45, 2.75) is 29.7 Å². The number of hydrogen-bond acceptors (Lipinski definition) is 13. The lowest BCUT2D eigenvalue weighted by Crippen LogP contribution is -2.40. The molecule has 2 aliphatic rings. The summed E-state index contributed by atoms with van der Waals surface area (Å²) in [6.45, 7) is -0.398. The lowest BCUT2D eigenvalue weighted by Gasteiger charge is -2.24. The largest absolute Gasteiger partial charge is 0.570 e. The number of anilines is 1. The van der Waals surface area contributed by atoms with Crippen LogP contribution in [0.15, 0.2) is 15.1 Å². The number of carbonyl (C=O) groups is 1. The number of thioether (sulfide) groups is 1. The Kier molecular flexibility index (Phi) is 6.71. The fourth-order valence-corrected chi connectivity index (χ4v) is 5.20. The molecule has 2 aliphatic heterocycles. The zero-order valence-electron chi connectivity index (χ0n) is 16.6. The Balaban J connectivity index is 1.60. The Morgan fingerprint density at radius 3 is 3.03 bits per heavy atom. The number of nitrogen functional groups attached to an aromatic ring is 1. The Morgan fingerprint density at radius 2 is 2.27 bits per heavy atom. The maximum Gasteiger partial charge on any atom is 0.570 e. The van der Waals surface area contributed by atoms with Crippen LogP contribution in [0.4, 0.5) is 5.95 Å². The van der Waals surface area contributed by atoms with Crippen molar-refractivity contribution < 1.29 is 33.5 Å². The number of carbonyl (C=O) groups excluding carboxylic acids is 1. The Hall–Kier alpha value is -2.53. The molecule has 4 rings (SSSR count). The molecule has 178 valence electrons. The predicted octanol–water partition coefficient (Wildman–Crippen LogP) is -1.44. The molecule has 1 amide bonds. The van der Waals surface area contributed by atoms with Crippen LogP contribution in [-0.4, -0.2) is 84.1 Å². The third-order valence-corrected chi connectivity index (χ3v) is 6.66. The van der Waals surface area contributed by atoms with Gasteiger partial charge in [0.2, 0.25) is 11.9 Å². The van der Waals surface area contributed by atoms with E-state index in [1.165, 1.54) is 4.57 Å². The second kappa shape index (κ2) is 9.38. The summed E-state index contributed by atoms with van der Waals surface area (Å²) < 4.78 is 17.1. The fourth-order valence-electron chi connectivity index (χ4n) is 3.35. The summed E-state index contributed by atoms with van der Waals surface area (Å²) in [5.41, 5.74) is 13.3. The molecule has 2 aromatic rings. The van der Waals surface area contributed by atoms with Gasteiger partial charge in [0.1, 0.15) is 25.4 Å². The minimum absolute atomic E-state index is 0.0313. The van der Waals surface area contributed by atoms with Gasteiger partial charge >= 0.3 is 8.17 Å². The molecule has 17 nitrogen and oxygen atoms in total. The molecule has 2 saturated heterocycles. The number of amides is 1. The van der Waals surface area contributed by atoms with E-state index in [-0.39, 0.29) is 47.7 Å². The highest BCUT2D eigenvalue weighted by Crippen LogP contribution is 2.59. The van der Waals surface area contributed by atoms with E-state index in [2.05, 4.69) is 30.3 Å². The van der Waals surface area contributed by atoms with Crippen LogP contribution in [0.2, 0.25) is 0 Å². The number of aliphatic hydroxyl groups excluding tert-OH is 1. The number of hydrogen-bond donors (Lipinski definition) is 6. The van der Waals surface area contributed by atoms with E-state index in [9.17, 15) is 24.5 Å². The number of nitrogens with one attached hydrogen (secondary N) is 2. The van der Waals surface area contributed by atoms with E-state index >= 15 is 0 Å². The van der Waals surface area contributed by atoms with E-state index in [0.29, 0.717) is 0 Å². The number of ether oxygens (including phenoxy) is 1. The molecular weight excluding hydrogens is 485 g/mol. The van der Waals surface area contributed by atoms with E-state index in [1.807, 2.05) is 0 Å². The number of rotatable bonds is 7. The summed E-state index contributed by atoms with van der Waals surface area (Å²) in [4.78, 5) is 56.5. The van der Waals surface area contributed by atoms with Gasteiger partial charge < -0.3 is 20.9 Å². The average Bonchev–Trinajstić information content (AvgIpc) is 3.26. The first-order valence-corrected chi connectivity index (χ1v) is 11.9. The topological polar surface area (TPSA) is 256 Å². The van der Waals surface area contributed by atoms with Crippen molar-refractivity contribution in [3.8, 4) is 0 Å². The number of imidazole rings is 1. The summed E-state index contributed by atoms with van der Waals surface area (Å²) in [5, 5.41) is 16.8. The van der Waals surface area contributed by atoms with Crippen LogP contribution in [0, 0.1) is 0 Å². The van der Waals surface area contributed by atoms with Crippen LogP contribution in [0.5, 0.6) is 0 Å². The monoisotopic (exact) mass is 504 g/mol. The van der Waals surface area contributed by atoms with Gasteiger partial charge in [0, 0.05) is 17.2 Å². The number of nitrogens with two attached hydrogens (primary N) is 1. The summed E-state index contributed by atoms with van der Waals surface area (Å²) >= 11 is 1.12. The first-order valence-electron chi connectivity index (χ1n) is 9.39. The maximum absolute atomic E-state index is 12.4. The van der Waals surface area contributed by atoms with Gasteiger partial charge in [-0.05, 0) is 5.53 Å². The van der Waals surface area contributed by atoms with Gasteiger partial charge in [0.15, 0.2) is 28.7 Å². The molecule has 7 N–H and O–H groups in total. The SMILES string of the molecule is [N-]=[N+]=NCC(=O)NCCSc1nc2c(=O)[nH]c(N)nc2n1[C@@H]1OC2CO[P+](O)(O)O[C@H]2C1O. The molecule has 2 unspecified atom stereocenters. The molecule has 4 atom stereocenters. The van der Waals surface area contributed by atoms with Crippen molar-refractivity contribution in [1.29, 1.82) is 0 Å². The third-order valence-electron chi connectivity index (χ3n) is 4.70. The van der Waals surface area contributed by atoms with E-state index in [1.54, 1.807) is 0 Å². The van der Waals surface area contributed by atoms with Crippen molar-refractivity contribution in [2.75, 3.05) is 31.2 Å². The molecule has 2 fully saturated rings. The molecule has 19 heteroatoms. The summed E-state index contributed by atoms with van der Waals surface area (Å²) in [6.07, 6.45) is -4.49. The van der Waals surface area contributed by atoms with Gasteiger partial charge in [0.25, 0.3) is 5.56 Å². The summed E-state index contributed by atoms with van der Waals surface area (Å²) in [7, 11) is -4.09. The second-order valence-corrected chi connectivity index (χ2v) is 9.40. The lowest BCUT2D eigenvalue weighted by molar-refractivity contribution is -0.119. The van der Waals surface area contributed by atoms with Gasteiger partial charge in [-0.1, -0.05) is 16.9 Å². The minimum atomic E-state index is -4.09. The number of azide groups is 1. The number of nitrogens with zero attached hydrogens (tertiary/aromatic N) is 6. The van der Waals surface area contributed by atoms with E-state index in [0.717, 1.165) is 11.8 Å². The van der Waals surface area contributed by atoms with Gasteiger partial charge in [-0.3, -0.25) is 19.1 Å². The van der Waals surface area contributed by atoms with Gasteiger partial charge in [-0.25, -0.2) is 4.98 Å². The van der Waals surface area contributed by atoms with Crippen molar-refractivity contribution in [3.63, 3.8) is 0 Å². The normalized spacial score (nSPS) is 26.0. The molecule has 4 heterocycles. The predicted molar refractivity (Wildman–Crippen MR) is 112 cm³/mol. The molecule has 0 spiro atoms. The molecule has 0 aromatic carbocycles. The van der Waals surface area contributed by atoms with Crippen molar-refractivity contribution in [2.24, 2.45) is 5.11 Å². The zero-order chi connectivity index (χ0) is 23.8. The number of aromatic amines is 1. The first kappa shape index (κ1) is 23.6. The lowest BCUT2D eigenvalue weighted by atomic mass is 10.1. The molecular formula is C14H19N9O8PS+. The Labute approximate surface area is 188 Å². The van der Waals surface area contributed by atoms with Crippen LogP contribution in [0.3, 0.4) is 0 Å². The fraction of sp³-hybridized carbons (Fsp3) is 0.571. The Morgan fingerprint density at radius 1 is 1.48 bits per heavy atom. The van der Waals surface area contributed by atoms with Crippen LogP contribution < -0.4 is 16.6 Å². The smallest absolute Gasteiger partial charge is 0.385 e. The number of aromatic nitrogens is 4. The summed E-state index contributed by atoms with van der Waals surface area (Å²) in [5.74, 6) is -0.366. The molecule has 0 radical (unpaired) electrons. The highest BCUT2D eigenvalue weighted by atomic mass is 32.2. The quantitative estimate of drug-likeness (QED) is 0.0632. The molecule has 0 saturated carbocycles. The van der Waals surface area contributed by atoms with E-state index < -0.39 is 44.2 Å². The number of H-pyrrole nitrogens is 1. The van der Waals surface area contributed by atoms with Crippen molar-refractivity contribution in [1.82, 2.24) is 24.8 Å². The van der Waals surface area contributed by atoms with Crippen LogP contribution in [0.1, 0.15) is 6.23 Å². The zero-order valence-corrected chi connectivity index (χ0v) is 18.3. The average molecular weight is 504 g/mol. The second-order valence-electron chi connectivity index (χ2n) is 6.89. The molecule has 0 aliphatic carbocycles. The van der Waals surface area contributed by atoms with Crippen molar-refractivity contribution >= 4 is 43.0 Å². The van der Waals surface area contributed by atoms with Gasteiger partial charge in [0.05, 0.1) is 0 Å². The maximum atomic E-state index is 12.4. The minimum Gasteiger partial charge on any atom is -0.385 e. The van der Waals surface area contributed by atoms with Crippen LogP contribution in [0.25, 0.3) is 21.6 Å². The highest BCUT2D eigenvalue weighted by Gasteiger charge is 2.60. The number of aliphatic hydroxyl groups is 1. The van der Waals surface area contributed by atoms with E-state index in [4.69, 9.17) is 25.0 Å². The Bertz CT molecular complexity index is 1170. The van der Waals surface area contributed by atoms with Gasteiger partial charge in [-0.15, -0.1) is 4.52 Å². The first-order chi connectivity index (χ1) is 15.7. The van der Waals surface area contributed by atoms with Crippen molar-refractivity contribution in [3.05, 3.63) is 20.8 Å². The molecule has 0 bridgehead atoms. The standard InChI is InChI=1S/C14H18N9O8PS/c15-13-20-10-7(11(26)21-13)19-14(33-2-1-17-6(24)3-18-22-16)23(10)12-8(25)9-5(30-12)4-29-32(27,28)31-9/h5,8-9,12,25,27-28H,1-4H2,(H3-,15,17,20,21,24,26)/p+1/t5?,8?,9-,12-/m1/s1. The third kappa shape index (κ3) is 4.89. The highest BCUT2D eigenvalue weighted by molar-refractivity contribution is 7.99. The number of fused-ring (bicyclic) bond motifs is 2. The van der Waals surface area contributed by atoms with Gasteiger partial charge in [-0.2, -0.15) is 19.3 Å². The molecule has 2 aromatic heterocycles. The van der Waals surface area contributed by atoms with Crippen LogP contribution >= 0.6 is 19.9 Å². The summed E-state index contributed by atoms with van der Waals surface area (Å²) in [6, 6.07) is 0.